The van der Waals surface area contributed by atoms with E-state index < -0.39 is 10.0 Å². The Hall–Kier alpha value is -1.48. The molecule has 0 bridgehead atoms. The van der Waals surface area contributed by atoms with Crippen molar-refractivity contribution in [3.05, 3.63) is 29.8 Å². The Morgan fingerprint density at radius 1 is 1.12 bits per heavy atom. The molecule has 1 amide bonds. The maximum Gasteiger partial charge on any atom is 0.251 e. The summed E-state index contributed by atoms with van der Waals surface area (Å²) in [7, 11) is -3.44. The van der Waals surface area contributed by atoms with Gasteiger partial charge in [0.2, 0.25) is 10.0 Å². The second kappa shape index (κ2) is 7.60. The Kier molecular flexibility index (Phi) is 5.50. The highest BCUT2D eigenvalue weighted by Gasteiger charge is 2.27. The Labute approximate surface area is 142 Å². The molecule has 0 radical (unpaired) electrons. The van der Waals surface area contributed by atoms with Crippen molar-refractivity contribution in [3.8, 4) is 0 Å². The van der Waals surface area contributed by atoms with Crippen LogP contribution in [0.4, 0.5) is 0 Å². The largest absolute Gasteiger partial charge is 0.352 e. The third kappa shape index (κ3) is 3.94. The summed E-state index contributed by atoms with van der Waals surface area (Å²) in [6.45, 7) is 2.75. The molecule has 2 fully saturated rings. The lowest BCUT2D eigenvalue weighted by Crippen LogP contribution is -2.28. The number of carbonyl (C=O) groups is 1. The third-order valence-corrected chi connectivity index (χ3v) is 6.09. The molecule has 1 aromatic carbocycles. The highest BCUT2D eigenvalue weighted by molar-refractivity contribution is 7.89. The first-order valence-electron chi connectivity index (χ1n) is 8.19. The molecule has 1 N–H and O–H groups in total. The van der Waals surface area contributed by atoms with E-state index in [4.69, 9.17) is 9.47 Å². The van der Waals surface area contributed by atoms with Gasteiger partial charge >= 0.3 is 0 Å². The Morgan fingerprint density at radius 3 is 2.38 bits per heavy atom. The molecule has 3 rings (SSSR count). The van der Waals surface area contributed by atoms with Gasteiger partial charge in [0.25, 0.3) is 5.91 Å². The second-order valence-corrected chi connectivity index (χ2v) is 7.79. The third-order valence-electron chi connectivity index (χ3n) is 4.18. The molecule has 0 aliphatic carbocycles. The lowest BCUT2D eigenvalue weighted by Gasteiger charge is -2.15. The molecule has 0 saturated carbocycles. The van der Waals surface area contributed by atoms with Crippen LogP contribution in [-0.2, 0) is 19.5 Å². The van der Waals surface area contributed by atoms with Crippen molar-refractivity contribution in [2.24, 2.45) is 0 Å². The fourth-order valence-corrected chi connectivity index (χ4v) is 4.35. The van der Waals surface area contributed by atoms with E-state index in [1.54, 1.807) is 12.1 Å². The molecule has 0 unspecified atom stereocenters. The molecule has 2 saturated heterocycles. The molecule has 2 aliphatic heterocycles. The van der Waals surface area contributed by atoms with Crippen molar-refractivity contribution in [1.29, 1.82) is 0 Å². The van der Waals surface area contributed by atoms with Crippen molar-refractivity contribution >= 4 is 15.9 Å². The molecule has 0 aromatic heterocycles. The number of amides is 1. The summed E-state index contributed by atoms with van der Waals surface area (Å²) in [6.07, 6.45) is 2.13. The topological polar surface area (TPSA) is 84.9 Å². The lowest BCUT2D eigenvalue weighted by atomic mass is 10.2. The van der Waals surface area contributed by atoms with Gasteiger partial charge in [0, 0.05) is 31.6 Å². The highest BCUT2D eigenvalue weighted by Crippen LogP contribution is 2.21. The fourth-order valence-electron chi connectivity index (χ4n) is 2.84. The average molecular weight is 354 g/mol. The standard InChI is InChI=1S/C16H22N2O5S/c19-16(17-8-7-15-22-11-12-23-15)13-3-5-14(6-4-13)24(20,21)18-9-1-2-10-18/h3-6,15H,1-2,7-12H2,(H,17,19). The van der Waals surface area contributed by atoms with Crippen LogP contribution >= 0.6 is 0 Å². The smallest absolute Gasteiger partial charge is 0.251 e. The lowest BCUT2D eigenvalue weighted by molar-refractivity contribution is -0.0455. The molecule has 0 atom stereocenters. The summed E-state index contributed by atoms with van der Waals surface area (Å²) in [5.74, 6) is -0.238. The number of benzene rings is 1. The van der Waals surface area contributed by atoms with E-state index in [2.05, 4.69) is 5.32 Å². The first-order valence-corrected chi connectivity index (χ1v) is 9.63. The zero-order chi connectivity index (χ0) is 17.0. The van der Waals surface area contributed by atoms with Gasteiger partial charge in [-0.3, -0.25) is 4.79 Å². The van der Waals surface area contributed by atoms with Gasteiger partial charge in [0.1, 0.15) is 0 Å². The normalized spacial score (nSPS) is 19.7. The Morgan fingerprint density at radius 2 is 1.75 bits per heavy atom. The van der Waals surface area contributed by atoms with Gasteiger partial charge in [-0.25, -0.2) is 8.42 Å². The molecular formula is C16H22N2O5S. The van der Waals surface area contributed by atoms with E-state index >= 15 is 0 Å². The van der Waals surface area contributed by atoms with E-state index in [-0.39, 0.29) is 17.1 Å². The fraction of sp³-hybridized carbons (Fsp3) is 0.562. The molecule has 2 aliphatic rings. The van der Waals surface area contributed by atoms with Gasteiger partial charge in [0.05, 0.1) is 18.1 Å². The van der Waals surface area contributed by atoms with Crippen LogP contribution in [-0.4, -0.2) is 57.8 Å². The molecule has 2 heterocycles. The van der Waals surface area contributed by atoms with Crippen LogP contribution in [0, 0.1) is 0 Å². The van der Waals surface area contributed by atoms with E-state index in [1.807, 2.05) is 0 Å². The van der Waals surface area contributed by atoms with E-state index in [1.165, 1.54) is 16.4 Å². The van der Waals surface area contributed by atoms with Crippen molar-refractivity contribution in [3.63, 3.8) is 0 Å². The number of hydrogen-bond donors (Lipinski definition) is 1. The van der Waals surface area contributed by atoms with Crippen molar-refractivity contribution < 1.29 is 22.7 Å². The van der Waals surface area contributed by atoms with Gasteiger partial charge in [-0.15, -0.1) is 0 Å². The second-order valence-electron chi connectivity index (χ2n) is 5.85. The number of hydrogen-bond acceptors (Lipinski definition) is 5. The SMILES string of the molecule is O=C(NCCC1OCCO1)c1ccc(S(=O)(=O)N2CCCC2)cc1. The summed E-state index contributed by atoms with van der Waals surface area (Å²) < 4.78 is 36.9. The van der Waals surface area contributed by atoms with Crippen LogP contribution in [0.25, 0.3) is 0 Å². The highest BCUT2D eigenvalue weighted by atomic mass is 32.2. The molecule has 24 heavy (non-hydrogen) atoms. The minimum atomic E-state index is -3.44. The minimum absolute atomic E-state index is 0.230. The van der Waals surface area contributed by atoms with Crippen molar-refractivity contribution in [2.75, 3.05) is 32.8 Å². The van der Waals surface area contributed by atoms with Crippen LogP contribution in [0.5, 0.6) is 0 Å². The Bertz CT molecular complexity index is 662. The average Bonchev–Trinajstić information content (AvgIpc) is 3.29. The minimum Gasteiger partial charge on any atom is -0.352 e. The van der Waals surface area contributed by atoms with Crippen LogP contribution in [0.3, 0.4) is 0 Å². The van der Waals surface area contributed by atoms with E-state index in [9.17, 15) is 13.2 Å². The quantitative estimate of drug-likeness (QED) is 0.823. The zero-order valence-electron chi connectivity index (χ0n) is 13.4. The van der Waals surface area contributed by atoms with Gasteiger partial charge < -0.3 is 14.8 Å². The van der Waals surface area contributed by atoms with E-state index in [0.29, 0.717) is 44.8 Å². The summed E-state index contributed by atoms with van der Waals surface area (Å²) in [6, 6.07) is 6.07. The number of nitrogens with zero attached hydrogens (tertiary/aromatic N) is 1. The molecule has 132 valence electrons. The van der Waals surface area contributed by atoms with Crippen LogP contribution in [0.2, 0.25) is 0 Å². The zero-order valence-corrected chi connectivity index (χ0v) is 14.3. The van der Waals surface area contributed by atoms with Crippen LogP contribution < -0.4 is 5.32 Å². The maximum atomic E-state index is 12.4. The maximum absolute atomic E-state index is 12.4. The number of carbonyl (C=O) groups excluding carboxylic acids is 1. The van der Waals surface area contributed by atoms with Crippen LogP contribution in [0.15, 0.2) is 29.2 Å². The number of sulfonamides is 1. The summed E-state index contributed by atoms with van der Waals surface area (Å²) in [4.78, 5) is 12.3. The van der Waals surface area contributed by atoms with Gasteiger partial charge in [-0.1, -0.05) is 0 Å². The summed E-state index contributed by atoms with van der Waals surface area (Å²) >= 11 is 0. The molecule has 7 nitrogen and oxygen atoms in total. The van der Waals surface area contributed by atoms with Crippen molar-refractivity contribution in [2.45, 2.75) is 30.4 Å². The monoisotopic (exact) mass is 354 g/mol. The van der Waals surface area contributed by atoms with Gasteiger partial charge in [-0.05, 0) is 37.1 Å². The first kappa shape index (κ1) is 17.3. The predicted octanol–water partition coefficient (Wildman–Crippen LogP) is 0.964. The molecular weight excluding hydrogens is 332 g/mol. The summed E-state index contributed by atoms with van der Waals surface area (Å²) in [5, 5.41) is 2.78. The first-order chi connectivity index (χ1) is 11.6. The molecule has 1 aromatic rings. The van der Waals surface area contributed by atoms with Gasteiger partial charge in [0.15, 0.2) is 6.29 Å². The predicted molar refractivity (Wildman–Crippen MR) is 87.1 cm³/mol. The molecule has 0 spiro atoms. The van der Waals surface area contributed by atoms with E-state index in [0.717, 1.165) is 12.8 Å². The summed E-state index contributed by atoms with van der Waals surface area (Å²) in [5.41, 5.74) is 0.434. The Balaban J connectivity index is 1.56. The van der Waals surface area contributed by atoms with Gasteiger partial charge in [-0.2, -0.15) is 4.31 Å². The number of nitrogens with one attached hydrogen (secondary N) is 1. The van der Waals surface area contributed by atoms with Crippen molar-refractivity contribution in [1.82, 2.24) is 9.62 Å². The van der Waals surface area contributed by atoms with Crippen LogP contribution in [0.1, 0.15) is 29.6 Å². The number of ether oxygens (including phenoxy) is 2. The molecule has 8 heteroatoms. The number of rotatable bonds is 6.